The molecule has 0 unspecified atom stereocenters. The molecule has 2 N–H and O–H groups in total. The summed E-state index contributed by atoms with van der Waals surface area (Å²) in [7, 11) is 0. The summed E-state index contributed by atoms with van der Waals surface area (Å²) in [6, 6.07) is 9.34. The third-order valence-corrected chi connectivity index (χ3v) is 6.09. The van der Waals surface area contributed by atoms with Gasteiger partial charge in [-0.25, -0.2) is 0 Å². The number of pyridine rings is 1. The first kappa shape index (κ1) is 21.9. The lowest BCUT2D eigenvalue weighted by Crippen LogP contribution is -2.32. The van der Waals surface area contributed by atoms with Crippen LogP contribution in [0.3, 0.4) is 0 Å². The molecule has 3 aromatic rings. The van der Waals surface area contributed by atoms with Crippen molar-refractivity contribution >= 4 is 28.2 Å². The summed E-state index contributed by atoms with van der Waals surface area (Å²) in [5.41, 5.74) is -0.261. The quantitative estimate of drug-likeness (QED) is 0.563. The molecule has 32 heavy (non-hydrogen) atoms. The molecule has 0 bridgehead atoms. The van der Waals surface area contributed by atoms with E-state index in [0.29, 0.717) is 16.6 Å². The number of fused-ring (bicyclic) bond motifs is 1. The van der Waals surface area contributed by atoms with Crippen molar-refractivity contribution < 1.29 is 18.0 Å². The molecule has 1 fully saturated rings. The third-order valence-electron chi connectivity index (χ3n) is 6.09. The molecule has 168 valence electrons. The Hall–Kier alpha value is -3.29. The smallest absolute Gasteiger partial charge is 0.366 e. The van der Waals surface area contributed by atoms with Crippen molar-refractivity contribution in [3.63, 3.8) is 0 Å². The highest BCUT2D eigenvalue weighted by Gasteiger charge is 2.36. The first-order valence-corrected chi connectivity index (χ1v) is 10.5. The number of aromatic nitrogens is 1. The standard InChI is InChI=1S/C24H24F3N3O2/c1-13-4-8-20-17(10-13)22(31)18(12-28-20)23(32)29-21-9-7-16(11-19(21)24(25,26)27)30-14(2)5-6-15(30)3/h4,7-12,14-15H,5-6H2,1-3H3,(H,28,31)(H,29,32)/t14-,15-/m1/s1. The highest BCUT2D eigenvalue weighted by molar-refractivity contribution is 6.06. The Bertz CT molecular complexity index is 1240. The highest BCUT2D eigenvalue weighted by Crippen LogP contribution is 2.39. The minimum absolute atomic E-state index is 0.131. The predicted octanol–water partition coefficient (Wildman–Crippen LogP) is 5.48. The van der Waals surface area contributed by atoms with Crippen LogP contribution in [0.25, 0.3) is 10.9 Å². The lowest BCUT2D eigenvalue weighted by atomic mass is 10.1. The Kier molecular flexibility index (Phi) is 5.48. The number of nitrogens with zero attached hydrogens (tertiary/aromatic N) is 1. The van der Waals surface area contributed by atoms with Gasteiger partial charge in [0.1, 0.15) is 5.56 Å². The van der Waals surface area contributed by atoms with Crippen molar-refractivity contribution in [1.82, 2.24) is 4.98 Å². The molecule has 4 rings (SSSR count). The van der Waals surface area contributed by atoms with Gasteiger partial charge in [-0.15, -0.1) is 0 Å². The average Bonchev–Trinajstić information content (AvgIpc) is 3.06. The van der Waals surface area contributed by atoms with Crippen LogP contribution in [-0.2, 0) is 6.18 Å². The molecule has 2 heterocycles. The number of amides is 1. The van der Waals surface area contributed by atoms with E-state index in [4.69, 9.17) is 0 Å². The fourth-order valence-corrected chi connectivity index (χ4v) is 4.43. The van der Waals surface area contributed by atoms with Crippen molar-refractivity contribution in [2.24, 2.45) is 0 Å². The number of rotatable bonds is 3. The number of anilines is 2. The molecule has 1 aliphatic heterocycles. The maximum absolute atomic E-state index is 13.9. The summed E-state index contributed by atoms with van der Waals surface area (Å²) in [4.78, 5) is 30.4. The molecule has 5 nitrogen and oxygen atoms in total. The molecule has 0 aliphatic carbocycles. The largest absolute Gasteiger partial charge is 0.418 e. The van der Waals surface area contributed by atoms with Gasteiger partial charge in [-0.2, -0.15) is 13.2 Å². The van der Waals surface area contributed by atoms with E-state index < -0.39 is 23.1 Å². The van der Waals surface area contributed by atoms with Gasteiger partial charge in [0.2, 0.25) is 5.43 Å². The zero-order valence-corrected chi connectivity index (χ0v) is 18.0. The van der Waals surface area contributed by atoms with Crippen molar-refractivity contribution in [3.05, 3.63) is 69.5 Å². The van der Waals surface area contributed by atoms with Gasteiger partial charge in [0.25, 0.3) is 5.91 Å². The number of carbonyl (C=O) groups is 1. The Balaban J connectivity index is 1.71. The first-order valence-electron chi connectivity index (χ1n) is 10.5. The minimum Gasteiger partial charge on any atom is -0.366 e. The van der Waals surface area contributed by atoms with Gasteiger partial charge in [0.15, 0.2) is 0 Å². The molecular formula is C24H24F3N3O2. The molecule has 2 atom stereocenters. The SMILES string of the molecule is Cc1ccc2[nH]cc(C(=O)Nc3ccc(N4[C@H](C)CC[C@H]4C)cc3C(F)(F)F)c(=O)c2c1. The Labute approximate surface area is 183 Å². The van der Waals surface area contributed by atoms with Gasteiger partial charge in [0.05, 0.1) is 11.3 Å². The number of hydrogen-bond donors (Lipinski definition) is 2. The van der Waals surface area contributed by atoms with Gasteiger partial charge in [-0.3, -0.25) is 9.59 Å². The second-order valence-electron chi connectivity index (χ2n) is 8.44. The monoisotopic (exact) mass is 443 g/mol. The summed E-state index contributed by atoms with van der Waals surface area (Å²) in [6.45, 7) is 5.78. The number of aryl methyl sites for hydroxylation is 1. The van der Waals surface area contributed by atoms with Crippen molar-refractivity contribution in [1.29, 1.82) is 0 Å². The first-order chi connectivity index (χ1) is 15.1. The Morgan fingerprint density at radius 1 is 1.09 bits per heavy atom. The fourth-order valence-electron chi connectivity index (χ4n) is 4.43. The second kappa shape index (κ2) is 8.00. The third kappa shape index (κ3) is 3.97. The lowest BCUT2D eigenvalue weighted by Gasteiger charge is -2.30. The van der Waals surface area contributed by atoms with E-state index in [0.717, 1.165) is 24.5 Å². The summed E-state index contributed by atoms with van der Waals surface area (Å²) >= 11 is 0. The van der Waals surface area contributed by atoms with E-state index in [1.807, 2.05) is 31.7 Å². The molecule has 1 aromatic heterocycles. The molecule has 8 heteroatoms. The van der Waals surface area contributed by atoms with Crippen LogP contribution in [0.2, 0.25) is 0 Å². The van der Waals surface area contributed by atoms with Crippen LogP contribution in [0.4, 0.5) is 24.5 Å². The molecule has 2 aromatic carbocycles. The molecular weight excluding hydrogens is 419 g/mol. The number of nitrogens with one attached hydrogen (secondary N) is 2. The normalized spacial score (nSPS) is 18.9. The van der Waals surface area contributed by atoms with E-state index in [-0.39, 0.29) is 23.3 Å². The number of carbonyl (C=O) groups excluding carboxylic acids is 1. The van der Waals surface area contributed by atoms with E-state index in [9.17, 15) is 22.8 Å². The molecule has 0 spiro atoms. The molecule has 0 saturated carbocycles. The minimum atomic E-state index is -4.67. The lowest BCUT2D eigenvalue weighted by molar-refractivity contribution is -0.136. The van der Waals surface area contributed by atoms with Gasteiger partial charge >= 0.3 is 6.18 Å². The Morgan fingerprint density at radius 3 is 2.44 bits per heavy atom. The number of alkyl halides is 3. The zero-order valence-electron chi connectivity index (χ0n) is 18.0. The number of aromatic amines is 1. The van der Waals surface area contributed by atoms with Crippen molar-refractivity contribution in [2.45, 2.75) is 51.9 Å². The van der Waals surface area contributed by atoms with E-state index in [1.54, 1.807) is 18.2 Å². The predicted molar refractivity (Wildman–Crippen MR) is 119 cm³/mol. The molecule has 1 amide bonds. The van der Waals surface area contributed by atoms with E-state index in [2.05, 4.69) is 10.3 Å². The van der Waals surface area contributed by atoms with Gasteiger partial charge in [-0.1, -0.05) is 11.6 Å². The van der Waals surface area contributed by atoms with Gasteiger partial charge in [0, 0.05) is 34.9 Å². The van der Waals surface area contributed by atoms with E-state index in [1.165, 1.54) is 12.3 Å². The average molecular weight is 443 g/mol. The number of benzene rings is 2. The Morgan fingerprint density at radius 2 is 1.78 bits per heavy atom. The zero-order chi connectivity index (χ0) is 23.2. The maximum atomic E-state index is 13.9. The summed E-state index contributed by atoms with van der Waals surface area (Å²) < 4.78 is 41.6. The van der Waals surface area contributed by atoms with Crippen LogP contribution in [0.1, 0.15) is 48.2 Å². The topological polar surface area (TPSA) is 65.2 Å². The van der Waals surface area contributed by atoms with E-state index >= 15 is 0 Å². The fraction of sp³-hybridized carbons (Fsp3) is 0.333. The highest BCUT2D eigenvalue weighted by atomic mass is 19.4. The number of hydrogen-bond acceptors (Lipinski definition) is 3. The van der Waals surface area contributed by atoms with Crippen molar-refractivity contribution in [2.75, 3.05) is 10.2 Å². The number of halogens is 3. The van der Waals surface area contributed by atoms with Gasteiger partial charge in [-0.05, 0) is 63.9 Å². The maximum Gasteiger partial charge on any atom is 0.418 e. The molecule has 1 saturated heterocycles. The van der Waals surface area contributed by atoms with Gasteiger partial charge < -0.3 is 15.2 Å². The van der Waals surface area contributed by atoms with Crippen molar-refractivity contribution in [3.8, 4) is 0 Å². The summed E-state index contributed by atoms with van der Waals surface area (Å²) in [5.74, 6) is -0.893. The van der Waals surface area contributed by atoms with Crippen LogP contribution < -0.4 is 15.6 Å². The summed E-state index contributed by atoms with van der Waals surface area (Å²) in [5, 5.41) is 2.60. The van der Waals surface area contributed by atoms with Crippen LogP contribution in [0, 0.1) is 6.92 Å². The molecule has 0 radical (unpaired) electrons. The summed E-state index contributed by atoms with van der Waals surface area (Å²) in [6.07, 6.45) is -1.63. The van der Waals surface area contributed by atoms with Crippen LogP contribution in [0.5, 0.6) is 0 Å². The van der Waals surface area contributed by atoms with Crippen LogP contribution in [-0.4, -0.2) is 23.0 Å². The van der Waals surface area contributed by atoms with Crippen LogP contribution >= 0.6 is 0 Å². The molecule has 1 aliphatic rings. The number of H-pyrrole nitrogens is 1. The second-order valence-corrected chi connectivity index (χ2v) is 8.44. The van der Waals surface area contributed by atoms with Crippen LogP contribution in [0.15, 0.2) is 47.4 Å².